The molecule has 0 unspecified atom stereocenters. The highest BCUT2D eigenvalue weighted by molar-refractivity contribution is 5.83. The lowest BCUT2D eigenvalue weighted by molar-refractivity contribution is -0.123. The third kappa shape index (κ3) is 5.58. The van der Waals surface area contributed by atoms with E-state index >= 15 is 0 Å². The Morgan fingerprint density at radius 3 is 2.27 bits per heavy atom. The maximum Gasteiger partial charge on any atom is 0.227 e. The molecular formula is C21H27NO4. The Morgan fingerprint density at radius 2 is 1.69 bits per heavy atom. The second kappa shape index (κ2) is 9.94. The third-order valence-electron chi connectivity index (χ3n) is 4.36. The quantitative estimate of drug-likeness (QED) is 0.724. The zero-order chi connectivity index (χ0) is 18.9. The summed E-state index contributed by atoms with van der Waals surface area (Å²) in [6.07, 6.45) is 0.0126. The van der Waals surface area contributed by atoms with Crippen LogP contribution in [0.25, 0.3) is 0 Å². The van der Waals surface area contributed by atoms with Crippen LogP contribution in [0.4, 0.5) is 0 Å². The molecule has 0 bridgehead atoms. The molecule has 0 saturated heterocycles. The van der Waals surface area contributed by atoms with Gasteiger partial charge in [0.05, 0.1) is 24.7 Å². The molecule has 1 amide bonds. The number of hydrogen-bond acceptors (Lipinski definition) is 4. The lowest BCUT2D eigenvalue weighted by atomic mass is 9.99. The van der Waals surface area contributed by atoms with Gasteiger partial charge in [-0.15, -0.1) is 0 Å². The summed E-state index contributed by atoms with van der Waals surface area (Å²) in [5, 5.41) is 12.6. The summed E-state index contributed by atoms with van der Waals surface area (Å²) in [5.41, 5.74) is 1.77. The number of ether oxygens (including phenoxy) is 2. The van der Waals surface area contributed by atoms with E-state index in [2.05, 4.69) is 5.32 Å². The van der Waals surface area contributed by atoms with Crippen LogP contribution in [-0.2, 0) is 9.53 Å². The molecule has 0 heterocycles. The van der Waals surface area contributed by atoms with Crippen molar-refractivity contribution in [2.75, 3.05) is 20.3 Å². The normalized spacial score (nSPS) is 14.3. The molecule has 26 heavy (non-hydrogen) atoms. The van der Waals surface area contributed by atoms with Crippen LogP contribution in [0, 0.1) is 0 Å². The van der Waals surface area contributed by atoms with Crippen molar-refractivity contribution in [2.24, 2.45) is 0 Å². The number of carbonyl (C=O) groups is 1. The van der Waals surface area contributed by atoms with Crippen LogP contribution in [0.3, 0.4) is 0 Å². The number of carbonyl (C=O) groups excluding carboxylic acids is 1. The number of aliphatic hydroxyl groups excluding tert-OH is 1. The Balaban J connectivity index is 1.98. The molecular weight excluding hydrogens is 330 g/mol. The van der Waals surface area contributed by atoms with Crippen molar-refractivity contribution >= 4 is 5.91 Å². The maximum atomic E-state index is 12.5. The molecule has 0 aliphatic carbocycles. The van der Waals surface area contributed by atoms with E-state index in [4.69, 9.17) is 9.47 Å². The lowest BCUT2D eigenvalue weighted by Gasteiger charge is -2.20. The standard InChI is InChI=1S/C21H27NO4/c1-15(25-3)14-26-19-11-9-18(10-12-19)20(13-23)22-21(24)16(2)17-7-5-4-6-8-17/h4-12,15-16,20,23H,13-14H2,1-3H3,(H,22,24)/t15-,16-,20-/m0/s1. The number of methoxy groups -OCH3 is 1. The van der Waals surface area contributed by atoms with E-state index in [0.717, 1.165) is 16.9 Å². The van der Waals surface area contributed by atoms with E-state index in [-0.39, 0.29) is 24.5 Å². The second-order valence-electron chi connectivity index (χ2n) is 6.30. The minimum Gasteiger partial charge on any atom is -0.491 e. The fraction of sp³-hybridized carbons (Fsp3) is 0.381. The molecule has 5 nitrogen and oxygen atoms in total. The van der Waals surface area contributed by atoms with Gasteiger partial charge in [0.25, 0.3) is 0 Å². The Hall–Kier alpha value is -2.37. The molecule has 5 heteroatoms. The van der Waals surface area contributed by atoms with Crippen molar-refractivity contribution in [3.8, 4) is 5.75 Å². The molecule has 0 fully saturated rings. The zero-order valence-corrected chi connectivity index (χ0v) is 15.5. The van der Waals surface area contributed by atoms with Gasteiger partial charge < -0.3 is 19.9 Å². The van der Waals surface area contributed by atoms with Crippen LogP contribution in [0.5, 0.6) is 5.75 Å². The van der Waals surface area contributed by atoms with Crippen LogP contribution in [-0.4, -0.2) is 37.4 Å². The number of rotatable bonds is 9. The van der Waals surface area contributed by atoms with Crippen molar-refractivity contribution in [3.05, 3.63) is 65.7 Å². The topological polar surface area (TPSA) is 67.8 Å². The average molecular weight is 357 g/mol. The van der Waals surface area contributed by atoms with Crippen LogP contribution in [0.15, 0.2) is 54.6 Å². The average Bonchev–Trinajstić information content (AvgIpc) is 2.70. The van der Waals surface area contributed by atoms with E-state index in [1.807, 2.05) is 68.4 Å². The molecule has 0 saturated carbocycles. The summed E-state index contributed by atoms with van der Waals surface area (Å²) >= 11 is 0. The number of nitrogens with one attached hydrogen (secondary N) is 1. The number of benzene rings is 2. The molecule has 140 valence electrons. The van der Waals surface area contributed by atoms with Crippen molar-refractivity contribution in [1.29, 1.82) is 0 Å². The summed E-state index contributed by atoms with van der Waals surface area (Å²) in [7, 11) is 1.64. The highest BCUT2D eigenvalue weighted by Crippen LogP contribution is 2.20. The molecule has 0 aliphatic rings. The summed E-state index contributed by atoms with van der Waals surface area (Å²) in [4.78, 5) is 12.5. The molecule has 0 aliphatic heterocycles. The van der Waals surface area contributed by atoms with E-state index in [1.54, 1.807) is 7.11 Å². The predicted octanol–water partition coefficient (Wildman–Crippen LogP) is 3.05. The molecule has 2 aromatic carbocycles. The van der Waals surface area contributed by atoms with Gasteiger partial charge in [0, 0.05) is 7.11 Å². The van der Waals surface area contributed by atoms with E-state index in [0.29, 0.717) is 6.61 Å². The van der Waals surface area contributed by atoms with Crippen molar-refractivity contribution in [3.63, 3.8) is 0 Å². The second-order valence-corrected chi connectivity index (χ2v) is 6.30. The van der Waals surface area contributed by atoms with Gasteiger partial charge in [-0.2, -0.15) is 0 Å². The Morgan fingerprint density at radius 1 is 1.04 bits per heavy atom. The molecule has 2 aromatic rings. The van der Waals surface area contributed by atoms with Gasteiger partial charge in [0.2, 0.25) is 5.91 Å². The van der Waals surface area contributed by atoms with Crippen LogP contribution >= 0.6 is 0 Å². The largest absolute Gasteiger partial charge is 0.491 e. The maximum absolute atomic E-state index is 12.5. The summed E-state index contributed by atoms with van der Waals surface area (Å²) in [5.74, 6) is 0.311. The minimum absolute atomic E-state index is 0.0126. The first-order valence-electron chi connectivity index (χ1n) is 8.77. The number of aliphatic hydroxyl groups is 1. The fourth-order valence-corrected chi connectivity index (χ4v) is 2.50. The Bertz CT molecular complexity index is 672. The van der Waals surface area contributed by atoms with Gasteiger partial charge in [0.1, 0.15) is 12.4 Å². The monoisotopic (exact) mass is 357 g/mol. The first-order chi connectivity index (χ1) is 12.5. The highest BCUT2D eigenvalue weighted by atomic mass is 16.5. The summed E-state index contributed by atoms with van der Waals surface area (Å²) in [6, 6.07) is 16.5. The molecule has 0 aromatic heterocycles. The minimum atomic E-state index is -0.458. The Labute approximate surface area is 155 Å². The molecule has 2 N–H and O–H groups in total. The molecule has 0 spiro atoms. The highest BCUT2D eigenvalue weighted by Gasteiger charge is 2.19. The summed E-state index contributed by atoms with van der Waals surface area (Å²) in [6.45, 7) is 4.07. The smallest absolute Gasteiger partial charge is 0.227 e. The van der Waals surface area contributed by atoms with Crippen LogP contribution < -0.4 is 10.1 Å². The van der Waals surface area contributed by atoms with Gasteiger partial charge in [-0.1, -0.05) is 42.5 Å². The van der Waals surface area contributed by atoms with Gasteiger partial charge in [-0.3, -0.25) is 4.79 Å². The van der Waals surface area contributed by atoms with E-state index in [1.165, 1.54) is 0 Å². The van der Waals surface area contributed by atoms with Crippen LogP contribution in [0.1, 0.15) is 36.9 Å². The van der Waals surface area contributed by atoms with E-state index < -0.39 is 6.04 Å². The lowest BCUT2D eigenvalue weighted by Crippen LogP contribution is -2.33. The summed E-state index contributed by atoms with van der Waals surface area (Å²) < 4.78 is 10.8. The van der Waals surface area contributed by atoms with Gasteiger partial charge in [0.15, 0.2) is 0 Å². The van der Waals surface area contributed by atoms with Crippen molar-refractivity contribution in [1.82, 2.24) is 5.32 Å². The number of hydrogen-bond donors (Lipinski definition) is 2. The predicted molar refractivity (Wildman–Crippen MR) is 101 cm³/mol. The number of amides is 1. The van der Waals surface area contributed by atoms with Crippen LogP contribution in [0.2, 0.25) is 0 Å². The van der Waals surface area contributed by atoms with Gasteiger partial charge >= 0.3 is 0 Å². The van der Waals surface area contributed by atoms with E-state index in [9.17, 15) is 9.90 Å². The Kier molecular flexibility index (Phi) is 7.63. The first-order valence-corrected chi connectivity index (χ1v) is 8.77. The molecule has 3 atom stereocenters. The zero-order valence-electron chi connectivity index (χ0n) is 15.5. The first kappa shape index (κ1) is 19.9. The van der Waals surface area contributed by atoms with Crippen molar-refractivity contribution < 1.29 is 19.4 Å². The van der Waals surface area contributed by atoms with Crippen molar-refractivity contribution in [2.45, 2.75) is 31.9 Å². The fourth-order valence-electron chi connectivity index (χ4n) is 2.50. The van der Waals surface area contributed by atoms with Gasteiger partial charge in [-0.05, 0) is 37.1 Å². The SMILES string of the molecule is CO[C@@H](C)COc1ccc([C@H](CO)NC(=O)[C@@H](C)c2ccccc2)cc1. The molecule has 0 radical (unpaired) electrons. The molecule has 2 rings (SSSR count). The van der Waals surface area contributed by atoms with Gasteiger partial charge in [-0.25, -0.2) is 0 Å². The third-order valence-corrected chi connectivity index (χ3v) is 4.36.